The summed E-state index contributed by atoms with van der Waals surface area (Å²) >= 11 is 12.4. The highest BCUT2D eigenvalue weighted by molar-refractivity contribution is 6.39. The first-order valence-corrected chi connectivity index (χ1v) is 10.5. The molecule has 32 heavy (non-hydrogen) atoms. The van der Waals surface area contributed by atoms with Crippen LogP contribution in [0.5, 0.6) is 0 Å². The fourth-order valence-electron chi connectivity index (χ4n) is 3.11. The fourth-order valence-corrected chi connectivity index (χ4v) is 3.69. The van der Waals surface area contributed by atoms with E-state index in [4.69, 9.17) is 27.6 Å². The molecule has 0 fully saturated rings. The molecule has 0 aliphatic heterocycles. The van der Waals surface area contributed by atoms with Crippen molar-refractivity contribution < 1.29 is 14.0 Å². The lowest BCUT2D eigenvalue weighted by Crippen LogP contribution is -2.12. The molecule has 0 aliphatic carbocycles. The maximum Gasteiger partial charge on any atom is 0.255 e. The summed E-state index contributed by atoms with van der Waals surface area (Å²) in [5.41, 5.74) is 2.11. The fraction of sp³-hybridized carbons (Fsp3) is 0. The quantitative estimate of drug-likeness (QED) is 0.240. The van der Waals surface area contributed by atoms with Gasteiger partial charge in [-0.15, -0.1) is 0 Å². The molecule has 158 valence electrons. The molecule has 0 radical (unpaired) electrons. The van der Waals surface area contributed by atoms with Gasteiger partial charge in [0.25, 0.3) is 5.91 Å². The van der Waals surface area contributed by atoms with Crippen LogP contribution < -0.4 is 5.32 Å². The monoisotopic (exact) mass is 461 g/mol. The van der Waals surface area contributed by atoms with Crippen LogP contribution in [0.1, 0.15) is 26.5 Å². The second-order valence-electron chi connectivity index (χ2n) is 6.90. The Bertz CT molecular complexity index is 1290. The summed E-state index contributed by atoms with van der Waals surface area (Å²) in [6.45, 7) is 0. The summed E-state index contributed by atoms with van der Waals surface area (Å²) < 4.78 is 5.78. The first kappa shape index (κ1) is 21.6. The van der Waals surface area contributed by atoms with Crippen LogP contribution in [0.4, 0.5) is 5.69 Å². The van der Waals surface area contributed by atoms with Crippen molar-refractivity contribution in [1.82, 2.24) is 0 Å². The van der Waals surface area contributed by atoms with Crippen LogP contribution in [0.3, 0.4) is 0 Å². The molecule has 0 unspecified atom stereocenters. The molecule has 1 N–H and O–H groups in total. The number of carbonyl (C=O) groups excluding carboxylic acids is 2. The van der Waals surface area contributed by atoms with Gasteiger partial charge in [0.2, 0.25) is 0 Å². The molecule has 4 aromatic rings. The standard InChI is InChI=1S/C26H17Cl2NO3/c27-21-10-5-11-22(28)25(21)24-15-13-20(32-24)12-14-23(30)18-8-4-9-19(16-18)29-26(31)17-6-2-1-3-7-17/h1-16H,(H,29,31). The van der Waals surface area contributed by atoms with Gasteiger partial charge in [0, 0.05) is 16.8 Å². The van der Waals surface area contributed by atoms with Crippen LogP contribution in [0.15, 0.2) is 95.4 Å². The van der Waals surface area contributed by atoms with Gasteiger partial charge >= 0.3 is 0 Å². The molecule has 6 heteroatoms. The van der Waals surface area contributed by atoms with E-state index in [9.17, 15) is 9.59 Å². The molecule has 0 saturated carbocycles. The van der Waals surface area contributed by atoms with Gasteiger partial charge in [-0.1, -0.05) is 59.6 Å². The molecule has 4 nitrogen and oxygen atoms in total. The SMILES string of the molecule is O=C(C=Cc1ccc(-c2c(Cl)cccc2Cl)o1)c1cccc(NC(=O)c2ccccc2)c1. The minimum absolute atomic E-state index is 0.227. The van der Waals surface area contributed by atoms with Gasteiger partial charge in [-0.2, -0.15) is 0 Å². The zero-order valence-electron chi connectivity index (χ0n) is 16.7. The zero-order valence-corrected chi connectivity index (χ0v) is 18.2. The van der Waals surface area contributed by atoms with Crippen molar-refractivity contribution in [3.63, 3.8) is 0 Å². The number of hydrogen-bond acceptors (Lipinski definition) is 3. The zero-order chi connectivity index (χ0) is 22.5. The minimum Gasteiger partial charge on any atom is -0.457 e. The highest BCUT2D eigenvalue weighted by Gasteiger charge is 2.12. The first-order valence-electron chi connectivity index (χ1n) is 9.74. The topological polar surface area (TPSA) is 59.3 Å². The van der Waals surface area contributed by atoms with Gasteiger partial charge in [-0.25, -0.2) is 0 Å². The number of anilines is 1. The molecule has 0 bridgehead atoms. The Kier molecular flexibility index (Phi) is 6.55. The van der Waals surface area contributed by atoms with E-state index >= 15 is 0 Å². The van der Waals surface area contributed by atoms with Crippen molar-refractivity contribution in [2.75, 3.05) is 5.32 Å². The lowest BCUT2D eigenvalue weighted by molar-refractivity contribution is 0.102. The summed E-state index contributed by atoms with van der Waals surface area (Å²) in [5.74, 6) is 0.526. The Morgan fingerprint density at radius 2 is 1.47 bits per heavy atom. The van der Waals surface area contributed by atoms with Crippen molar-refractivity contribution in [3.8, 4) is 11.3 Å². The van der Waals surface area contributed by atoms with Gasteiger partial charge in [0.15, 0.2) is 5.78 Å². The summed E-state index contributed by atoms with van der Waals surface area (Å²) in [6.07, 6.45) is 2.99. The van der Waals surface area contributed by atoms with Crippen molar-refractivity contribution in [2.45, 2.75) is 0 Å². The number of furan rings is 1. The number of allylic oxidation sites excluding steroid dienone is 1. The molecule has 3 aromatic carbocycles. The number of halogens is 2. The average molecular weight is 462 g/mol. The molecule has 0 saturated heterocycles. The van der Waals surface area contributed by atoms with Crippen LogP contribution in [0, 0.1) is 0 Å². The first-order chi connectivity index (χ1) is 15.5. The lowest BCUT2D eigenvalue weighted by Gasteiger charge is -2.06. The molecular weight excluding hydrogens is 445 g/mol. The van der Waals surface area contributed by atoms with Crippen LogP contribution in [0.2, 0.25) is 10.0 Å². The largest absolute Gasteiger partial charge is 0.457 e. The molecular formula is C26H17Cl2NO3. The van der Waals surface area contributed by atoms with E-state index in [1.165, 1.54) is 6.08 Å². The second-order valence-corrected chi connectivity index (χ2v) is 7.71. The molecule has 0 spiro atoms. The van der Waals surface area contributed by atoms with E-state index in [2.05, 4.69) is 5.32 Å². The van der Waals surface area contributed by atoms with Crippen molar-refractivity contribution in [3.05, 3.63) is 118 Å². The van der Waals surface area contributed by atoms with Gasteiger partial charge in [0.1, 0.15) is 11.5 Å². The highest BCUT2D eigenvalue weighted by atomic mass is 35.5. The second kappa shape index (κ2) is 9.69. The Morgan fingerprint density at radius 3 is 2.22 bits per heavy atom. The predicted molar refractivity (Wildman–Crippen MR) is 128 cm³/mol. The van der Waals surface area contributed by atoms with Crippen molar-refractivity contribution in [1.29, 1.82) is 0 Å². The smallest absolute Gasteiger partial charge is 0.255 e. The third-order valence-electron chi connectivity index (χ3n) is 4.68. The van der Waals surface area contributed by atoms with Crippen LogP contribution in [-0.4, -0.2) is 11.7 Å². The molecule has 0 aliphatic rings. The van der Waals surface area contributed by atoms with E-state index < -0.39 is 0 Å². The van der Waals surface area contributed by atoms with Crippen LogP contribution >= 0.6 is 23.2 Å². The number of hydrogen-bond donors (Lipinski definition) is 1. The van der Waals surface area contributed by atoms with Gasteiger partial charge in [-0.3, -0.25) is 9.59 Å². The summed E-state index contributed by atoms with van der Waals surface area (Å²) in [6, 6.07) is 24.3. The Morgan fingerprint density at radius 1 is 0.781 bits per heavy atom. The number of benzene rings is 3. The predicted octanol–water partition coefficient (Wildman–Crippen LogP) is 7.40. The van der Waals surface area contributed by atoms with E-state index in [0.717, 1.165) is 0 Å². The third-order valence-corrected chi connectivity index (χ3v) is 5.31. The lowest BCUT2D eigenvalue weighted by atomic mass is 10.1. The summed E-state index contributed by atoms with van der Waals surface area (Å²) in [5, 5.41) is 3.76. The molecule has 0 atom stereocenters. The molecule has 4 rings (SSSR count). The summed E-state index contributed by atoms with van der Waals surface area (Å²) in [4.78, 5) is 25.0. The maximum absolute atomic E-state index is 12.6. The van der Waals surface area contributed by atoms with Crippen molar-refractivity contribution in [2.24, 2.45) is 0 Å². The van der Waals surface area contributed by atoms with E-state index in [1.807, 2.05) is 6.07 Å². The number of rotatable bonds is 6. The van der Waals surface area contributed by atoms with E-state index in [0.29, 0.717) is 43.9 Å². The number of carbonyl (C=O) groups is 2. The van der Waals surface area contributed by atoms with Crippen LogP contribution in [0.25, 0.3) is 17.4 Å². The van der Waals surface area contributed by atoms with Gasteiger partial charge in [0.05, 0.1) is 15.6 Å². The third kappa shape index (κ3) is 4.99. The minimum atomic E-state index is -0.243. The Balaban J connectivity index is 1.47. The van der Waals surface area contributed by atoms with E-state index in [1.54, 1.807) is 84.9 Å². The number of nitrogens with one attached hydrogen (secondary N) is 1. The van der Waals surface area contributed by atoms with Gasteiger partial charge in [-0.05, 0) is 60.7 Å². The van der Waals surface area contributed by atoms with Crippen LogP contribution in [-0.2, 0) is 0 Å². The average Bonchev–Trinajstić information content (AvgIpc) is 3.26. The molecule has 1 amide bonds. The normalized spacial score (nSPS) is 10.9. The highest BCUT2D eigenvalue weighted by Crippen LogP contribution is 2.35. The van der Waals surface area contributed by atoms with E-state index in [-0.39, 0.29) is 11.7 Å². The van der Waals surface area contributed by atoms with Gasteiger partial charge < -0.3 is 9.73 Å². The van der Waals surface area contributed by atoms with Crippen molar-refractivity contribution >= 4 is 46.7 Å². The number of ketones is 1. The molecule has 1 aromatic heterocycles. The number of amides is 1. The molecule has 1 heterocycles. The summed E-state index contributed by atoms with van der Waals surface area (Å²) in [7, 11) is 0. The maximum atomic E-state index is 12.6. The Labute approximate surface area is 195 Å². The Hall–Kier alpha value is -3.60.